The molecule has 0 aromatic heterocycles. The fraction of sp³-hybridized carbons (Fsp3) is 0.500. The number of rotatable bonds is 2. The maximum atomic E-state index is 10.5. The Morgan fingerprint density at radius 2 is 2.25 bits per heavy atom. The van der Waals surface area contributed by atoms with Gasteiger partial charge in [-0.25, -0.2) is 0 Å². The maximum Gasteiger partial charge on any atom is 0.164 e. The molecule has 0 aliphatic rings. The fourth-order valence-electron chi connectivity index (χ4n) is 0.230. The Morgan fingerprint density at radius 3 is 2.38 bits per heavy atom. The quantitative estimate of drug-likeness (QED) is 0.386. The Kier molecular flexibility index (Phi) is 2.82. The summed E-state index contributed by atoms with van der Waals surface area (Å²) < 4.78 is 0. The van der Waals surface area contributed by atoms with Crippen molar-refractivity contribution in [1.29, 1.82) is 0 Å². The molecule has 2 nitrogen and oxygen atoms in total. The average Bonchev–Trinajstić information content (AvgIpc) is 1.67. The first-order valence-corrected chi connectivity index (χ1v) is 2.45. The summed E-state index contributed by atoms with van der Waals surface area (Å²) in [5.74, 6) is 1.52. The zero-order valence-corrected chi connectivity index (χ0v) is 5.01. The molecule has 0 atom stereocenters. The number of carbonyl (C=O) groups is 1. The molecule has 0 saturated carbocycles. The Labute approximate surface area is 48.7 Å². The maximum absolute atomic E-state index is 10.5. The van der Waals surface area contributed by atoms with Crippen molar-refractivity contribution in [2.24, 2.45) is 5.92 Å². The van der Waals surface area contributed by atoms with E-state index in [0.29, 0.717) is 0 Å². The predicted octanol–water partition coefficient (Wildman–Crippen LogP) is 1.01. The lowest BCUT2D eigenvalue weighted by Crippen LogP contribution is -2.01. The summed E-state index contributed by atoms with van der Waals surface area (Å²) in [6.07, 6.45) is 1.03. The fourth-order valence-corrected chi connectivity index (χ4v) is 0.230. The lowest BCUT2D eigenvalue weighted by atomic mass is 10.1. The van der Waals surface area contributed by atoms with E-state index in [4.69, 9.17) is 5.41 Å². The van der Waals surface area contributed by atoms with E-state index in [-0.39, 0.29) is 11.7 Å². The first kappa shape index (κ1) is 7.12. The third-order valence-electron chi connectivity index (χ3n) is 0.776. The number of hydrogen-bond acceptors (Lipinski definition) is 1. The lowest BCUT2D eigenvalue weighted by Gasteiger charge is -1.93. The van der Waals surface area contributed by atoms with Crippen LogP contribution in [-0.2, 0) is 4.79 Å². The van der Waals surface area contributed by atoms with E-state index in [2.05, 4.69) is 0 Å². The minimum absolute atomic E-state index is 0.0466. The third kappa shape index (κ3) is 2.32. The van der Waals surface area contributed by atoms with Crippen molar-refractivity contribution in [2.45, 2.75) is 13.8 Å². The van der Waals surface area contributed by atoms with Gasteiger partial charge in [-0.2, -0.15) is 0 Å². The lowest BCUT2D eigenvalue weighted by molar-refractivity contribution is -0.117. The van der Waals surface area contributed by atoms with Crippen LogP contribution in [0.1, 0.15) is 13.8 Å². The first-order chi connectivity index (χ1) is 3.68. The predicted molar refractivity (Wildman–Crippen MR) is 32.8 cm³/mol. The summed E-state index contributed by atoms with van der Waals surface area (Å²) in [6.45, 7) is 3.52. The number of carbonyl (C=O) groups excluding carboxylic acids is 1. The van der Waals surface area contributed by atoms with Gasteiger partial charge in [-0.15, -0.1) is 0 Å². The second-order valence-corrected chi connectivity index (χ2v) is 1.83. The smallest absolute Gasteiger partial charge is 0.164 e. The van der Waals surface area contributed by atoms with Crippen LogP contribution < -0.4 is 0 Å². The van der Waals surface area contributed by atoms with Gasteiger partial charge in [0.1, 0.15) is 0 Å². The molecule has 0 aliphatic heterocycles. The monoisotopic (exact) mass is 110 g/mol. The van der Waals surface area contributed by atoms with Gasteiger partial charge in [-0.3, -0.25) is 10.7 Å². The zero-order valence-electron chi connectivity index (χ0n) is 5.01. The molecule has 0 rings (SSSR count). The van der Waals surface area contributed by atoms with Crippen LogP contribution in [-0.4, -0.2) is 11.7 Å². The molecule has 2 heteroatoms. The Morgan fingerprint density at radius 1 is 1.75 bits per heavy atom. The van der Waals surface area contributed by atoms with Crippen LogP contribution in [0.5, 0.6) is 0 Å². The first-order valence-electron chi connectivity index (χ1n) is 2.45. The molecule has 44 valence electrons. The van der Waals surface area contributed by atoms with Gasteiger partial charge in [-0.1, -0.05) is 13.8 Å². The van der Waals surface area contributed by atoms with E-state index >= 15 is 0 Å². The second-order valence-electron chi connectivity index (χ2n) is 1.83. The van der Waals surface area contributed by atoms with Gasteiger partial charge >= 0.3 is 0 Å². The number of hydrogen-bond donors (Lipinski definition) is 0. The van der Waals surface area contributed by atoms with Crippen LogP contribution >= 0.6 is 0 Å². The van der Waals surface area contributed by atoms with Crippen LogP contribution in [0.3, 0.4) is 0 Å². The molecule has 0 bridgehead atoms. The van der Waals surface area contributed by atoms with Gasteiger partial charge in [0.15, 0.2) is 5.78 Å². The summed E-state index contributed by atoms with van der Waals surface area (Å²) in [4.78, 5) is 10.5. The van der Waals surface area contributed by atoms with Crippen molar-refractivity contribution >= 4 is 11.7 Å². The van der Waals surface area contributed by atoms with Crippen LogP contribution in [0.2, 0.25) is 0 Å². The molecular formula is C6H8NO-. The van der Waals surface area contributed by atoms with E-state index in [1.54, 1.807) is 19.7 Å². The van der Waals surface area contributed by atoms with Crippen molar-refractivity contribution < 1.29 is 4.79 Å². The highest BCUT2D eigenvalue weighted by Crippen LogP contribution is 1.92. The van der Waals surface area contributed by atoms with Crippen molar-refractivity contribution in [2.75, 3.05) is 0 Å². The minimum Gasteiger partial charge on any atom is -0.763 e. The summed E-state index contributed by atoms with van der Waals surface area (Å²) in [5, 5.41) is 7.96. The average molecular weight is 110 g/mol. The van der Waals surface area contributed by atoms with Gasteiger partial charge in [0.05, 0.1) is 0 Å². The van der Waals surface area contributed by atoms with E-state index < -0.39 is 0 Å². The molecule has 0 saturated heterocycles. The number of ketones is 1. The van der Waals surface area contributed by atoms with Gasteiger partial charge in [0.25, 0.3) is 0 Å². The summed E-state index contributed by atoms with van der Waals surface area (Å²) in [6, 6.07) is 0. The van der Waals surface area contributed by atoms with Crippen molar-refractivity contribution in [3.63, 3.8) is 0 Å². The summed E-state index contributed by atoms with van der Waals surface area (Å²) in [5.41, 5.74) is 0. The zero-order chi connectivity index (χ0) is 6.57. The molecule has 0 unspecified atom stereocenters. The SMILES string of the molecule is CC(C)C(=O)C=C=[N-]. The van der Waals surface area contributed by atoms with Crippen molar-refractivity contribution in [1.82, 2.24) is 0 Å². The molecule has 0 fully saturated rings. The van der Waals surface area contributed by atoms with Crippen molar-refractivity contribution in [3.8, 4) is 0 Å². The van der Waals surface area contributed by atoms with Gasteiger partial charge in [0, 0.05) is 5.92 Å². The Hall–Kier alpha value is -0.880. The van der Waals surface area contributed by atoms with Crippen LogP contribution in [0.25, 0.3) is 5.41 Å². The van der Waals surface area contributed by atoms with Crippen LogP contribution in [0.4, 0.5) is 0 Å². The number of allylic oxidation sites excluding steroid dienone is 1. The van der Waals surface area contributed by atoms with Crippen molar-refractivity contribution in [3.05, 3.63) is 11.5 Å². The Bertz CT molecular complexity index is 131. The molecule has 0 heterocycles. The summed E-state index contributed by atoms with van der Waals surface area (Å²) in [7, 11) is 0. The van der Waals surface area contributed by atoms with Gasteiger partial charge < -0.3 is 5.41 Å². The molecule has 0 N–H and O–H groups in total. The van der Waals surface area contributed by atoms with E-state index in [9.17, 15) is 4.79 Å². The highest BCUT2D eigenvalue weighted by atomic mass is 16.1. The van der Waals surface area contributed by atoms with E-state index in [0.717, 1.165) is 6.08 Å². The largest absolute Gasteiger partial charge is 0.763 e. The standard InChI is InChI=1S/C6H8NO/c1-5(2)6(8)3-4-7/h3,5H,1-2H3/q-1. The van der Waals surface area contributed by atoms with Crippen LogP contribution in [0.15, 0.2) is 6.08 Å². The second kappa shape index (κ2) is 3.16. The van der Waals surface area contributed by atoms with E-state index in [1.807, 2.05) is 0 Å². The minimum atomic E-state index is -0.104. The molecule has 0 aromatic carbocycles. The normalized spacial score (nSPS) is 8.38. The van der Waals surface area contributed by atoms with Crippen LogP contribution in [0, 0.1) is 5.92 Å². The van der Waals surface area contributed by atoms with E-state index in [1.165, 1.54) is 0 Å². The Balaban J connectivity index is 3.84. The molecule has 8 heavy (non-hydrogen) atoms. The molecule has 0 aliphatic carbocycles. The molecule has 0 amide bonds. The molecule has 0 spiro atoms. The highest BCUT2D eigenvalue weighted by molar-refractivity contribution is 5.98. The molecule has 0 aromatic rings. The molecule has 0 radical (unpaired) electrons. The topological polar surface area (TPSA) is 39.4 Å². The highest BCUT2D eigenvalue weighted by Gasteiger charge is 1.98. The van der Waals surface area contributed by atoms with Gasteiger partial charge in [0.2, 0.25) is 0 Å². The van der Waals surface area contributed by atoms with Gasteiger partial charge in [-0.05, 0) is 6.08 Å². The number of nitrogens with zero attached hydrogens (tertiary/aromatic N) is 1. The summed E-state index contributed by atoms with van der Waals surface area (Å²) >= 11 is 0. The third-order valence-corrected chi connectivity index (χ3v) is 0.776. The molecular weight excluding hydrogens is 102 g/mol.